The maximum Gasteiger partial charge on any atom is 0.232 e. The predicted molar refractivity (Wildman–Crippen MR) is 80.1 cm³/mol. The summed E-state index contributed by atoms with van der Waals surface area (Å²) in [6, 6.07) is 1.97. The number of aromatic nitrogens is 2. The van der Waals surface area contributed by atoms with Crippen LogP contribution in [-0.4, -0.2) is 9.97 Å². The molecule has 1 unspecified atom stereocenters. The molecule has 1 aromatic heterocycles. The third-order valence-corrected chi connectivity index (χ3v) is 4.85. The number of nitrogens with zero attached hydrogens (tertiary/aromatic N) is 3. The van der Waals surface area contributed by atoms with Gasteiger partial charge in [-0.2, -0.15) is 5.26 Å². The van der Waals surface area contributed by atoms with E-state index in [0.717, 1.165) is 11.8 Å². The van der Waals surface area contributed by atoms with Crippen LogP contribution in [0.5, 0.6) is 0 Å². The highest BCUT2D eigenvalue weighted by atomic mass is 14.9. The largest absolute Gasteiger partial charge is 0.232 e. The van der Waals surface area contributed by atoms with Crippen molar-refractivity contribution in [1.29, 1.82) is 5.26 Å². The zero-order valence-electron chi connectivity index (χ0n) is 12.7. The van der Waals surface area contributed by atoms with Gasteiger partial charge >= 0.3 is 0 Å². The van der Waals surface area contributed by atoms with Crippen LogP contribution >= 0.6 is 0 Å². The maximum absolute atomic E-state index is 8.72. The molecule has 0 aromatic carbocycles. The highest BCUT2D eigenvalue weighted by Gasteiger charge is 2.23. The first-order valence-corrected chi connectivity index (χ1v) is 7.95. The summed E-state index contributed by atoms with van der Waals surface area (Å²) in [6.07, 6.45) is 12.9. The Kier molecular flexibility index (Phi) is 5.52. The molecule has 0 radical (unpaired) electrons. The predicted octanol–water partition coefficient (Wildman–Crippen LogP) is 4.45. The lowest BCUT2D eigenvalue weighted by Gasteiger charge is -2.29. The molecule has 0 aliphatic heterocycles. The average molecular weight is 271 g/mol. The molecule has 1 saturated carbocycles. The number of nitriles is 1. The van der Waals surface area contributed by atoms with Crippen molar-refractivity contribution in [3.05, 3.63) is 23.8 Å². The van der Waals surface area contributed by atoms with E-state index in [1.807, 2.05) is 18.5 Å². The summed E-state index contributed by atoms with van der Waals surface area (Å²) in [5, 5.41) is 8.72. The monoisotopic (exact) mass is 271 g/mol. The van der Waals surface area contributed by atoms with Gasteiger partial charge in [-0.05, 0) is 49.0 Å². The molecule has 108 valence electrons. The summed E-state index contributed by atoms with van der Waals surface area (Å²) in [5.74, 6) is 2.66. The van der Waals surface area contributed by atoms with Crippen molar-refractivity contribution in [2.24, 2.45) is 11.8 Å². The lowest BCUT2D eigenvalue weighted by Crippen LogP contribution is -2.14. The topological polar surface area (TPSA) is 49.6 Å². The second-order valence-corrected chi connectivity index (χ2v) is 6.26. The maximum atomic E-state index is 8.72. The summed E-state index contributed by atoms with van der Waals surface area (Å²) in [5.41, 5.74) is 1.21. The Labute approximate surface area is 122 Å². The van der Waals surface area contributed by atoms with E-state index in [2.05, 4.69) is 23.8 Å². The van der Waals surface area contributed by atoms with E-state index in [1.165, 1.54) is 50.5 Å². The fourth-order valence-electron chi connectivity index (χ4n) is 3.12. The fraction of sp³-hybridized carbons (Fsp3) is 0.706. The minimum Gasteiger partial charge on any atom is -0.227 e. The zero-order chi connectivity index (χ0) is 14.4. The average Bonchev–Trinajstić information content (AvgIpc) is 2.53. The van der Waals surface area contributed by atoms with Gasteiger partial charge in [0, 0.05) is 12.4 Å². The molecule has 0 spiro atoms. The Morgan fingerprint density at radius 3 is 2.45 bits per heavy atom. The first kappa shape index (κ1) is 15.0. The van der Waals surface area contributed by atoms with E-state index in [1.54, 1.807) is 0 Å². The van der Waals surface area contributed by atoms with Crippen LogP contribution in [0.4, 0.5) is 0 Å². The summed E-state index contributed by atoms with van der Waals surface area (Å²) < 4.78 is 0. The van der Waals surface area contributed by atoms with Crippen molar-refractivity contribution in [2.45, 2.75) is 64.7 Å². The van der Waals surface area contributed by atoms with Crippen LogP contribution in [0.15, 0.2) is 12.4 Å². The molecule has 1 atom stereocenters. The van der Waals surface area contributed by atoms with Crippen molar-refractivity contribution in [1.82, 2.24) is 9.97 Å². The van der Waals surface area contributed by atoms with Gasteiger partial charge in [-0.3, -0.25) is 0 Å². The second kappa shape index (κ2) is 7.38. The standard InChI is InChI=1S/C17H25N3/c1-3-13(2)4-5-14-6-8-15(9-7-14)16-11-19-17(10-18)20-12-16/h11-15H,3-9H2,1-2H3/t13?,14-,15-. The Bertz CT molecular complexity index is 438. The molecule has 1 fully saturated rings. The molecule has 3 nitrogen and oxygen atoms in total. The highest BCUT2D eigenvalue weighted by molar-refractivity contribution is 5.17. The Balaban J connectivity index is 1.80. The van der Waals surface area contributed by atoms with Crippen molar-refractivity contribution in [3.63, 3.8) is 0 Å². The van der Waals surface area contributed by atoms with Gasteiger partial charge in [0.1, 0.15) is 6.07 Å². The summed E-state index contributed by atoms with van der Waals surface area (Å²) >= 11 is 0. The summed E-state index contributed by atoms with van der Waals surface area (Å²) in [7, 11) is 0. The zero-order valence-corrected chi connectivity index (χ0v) is 12.7. The SMILES string of the molecule is CCC(C)CC[C@H]1CC[C@H](c2cnc(C#N)nc2)CC1. The van der Waals surface area contributed by atoms with Crippen LogP contribution in [-0.2, 0) is 0 Å². The van der Waals surface area contributed by atoms with E-state index >= 15 is 0 Å². The van der Waals surface area contributed by atoms with Crippen molar-refractivity contribution < 1.29 is 0 Å². The summed E-state index contributed by atoms with van der Waals surface area (Å²) in [6.45, 7) is 4.65. The highest BCUT2D eigenvalue weighted by Crippen LogP contribution is 2.37. The van der Waals surface area contributed by atoms with Gasteiger partial charge in [0.25, 0.3) is 0 Å². The Morgan fingerprint density at radius 2 is 1.90 bits per heavy atom. The molecule has 1 aromatic rings. The molecule has 0 amide bonds. The van der Waals surface area contributed by atoms with Gasteiger partial charge < -0.3 is 0 Å². The minimum absolute atomic E-state index is 0.274. The van der Waals surface area contributed by atoms with Crippen LogP contribution < -0.4 is 0 Å². The smallest absolute Gasteiger partial charge is 0.227 e. The van der Waals surface area contributed by atoms with Gasteiger partial charge in [0.15, 0.2) is 0 Å². The van der Waals surface area contributed by atoms with Gasteiger partial charge in [-0.1, -0.05) is 33.1 Å². The molecule has 20 heavy (non-hydrogen) atoms. The lowest BCUT2D eigenvalue weighted by molar-refractivity contribution is 0.288. The van der Waals surface area contributed by atoms with Crippen LogP contribution in [0.3, 0.4) is 0 Å². The molecule has 1 aliphatic carbocycles. The molecule has 3 heteroatoms. The molecule has 2 rings (SSSR count). The molecule has 0 N–H and O–H groups in total. The van der Waals surface area contributed by atoms with E-state index in [9.17, 15) is 0 Å². The first-order valence-electron chi connectivity index (χ1n) is 7.95. The van der Waals surface area contributed by atoms with Crippen LogP contribution in [0.25, 0.3) is 0 Å². The van der Waals surface area contributed by atoms with Crippen LogP contribution in [0, 0.1) is 23.2 Å². The molecule has 1 aliphatic rings. The third kappa shape index (κ3) is 4.03. The Morgan fingerprint density at radius 1 is 1.25 bits per heavy atom. The van der Waals surface area contributed by atoms with Gasteiger partial charge in [0.05, 0.1) is 0 Å². The fourth-order valence-corrected chi connectivity index (χ4v) is 3.12. The molecular weight excluding hydrogens is 246 g/mol. The lowest BCUT2D eigenvalue weighted by atomic mass is 9.77. The summed E-state index contributed by atoms with van der Waals surface area (Å²) in [4.78, 5) is 8.18. The van der Waals surface area contributed by atoms with Gasteiger partial charge in [0.2, 0.25) is 5.82 Å². The van der Waals surface area contributed by atoms with Crippen molar-refractivity contribution >= 4 is 0 Å². The normalized spacial score (nSPS) is 24.1. The van der Waals surface area contributed by atoms with Crippen LogP contribution in [0.2, 0.25) is 0 Å². The molecule has 1 heterocycles. The van der Waals surface area contributed by atoms with E-state index in [0.29, 0.717) is 5.92 Å². The van der Waals surface area contributed by atoms with E-state index in [-0.39, 0.29) is 5.82 Å². The number of rotatable bonds is 5. The van der Waals surface area contributed by atoms with Crippen molar-refractivity contribution in [2.75, 3.05) is 0 Å². The first-order chi connectivity index (χ1) is 9.72. The van der Waals surface area contributed by atoms with Gasteiger partial charge in [-0.15, -0.1) is 0 Å². The molecule has 0 saturated heterocycles. The number of hydrogen-bond donors (Lipinski definition) is 0. The van der Waals surface area contributed by atoms with E-state index in [4.69, 9.17) is 5.26 Å². The third-order valence-electron chi connectivity index (χ3n) is 4.85. The molecule has 0 bridgehead atoms. The van der Waals surface area contributed by atoms with Gasteiger partial charge in [-0.25, -0.2) is 9.97 Å². The van der Waals surface area contributed by atoms with Crippen molar-refractivity contribution in [3.8, 4) is 6.07 Å². The quantitative estimate of drug-likeness (QED) is 0.795. The number of hydrogen-bond acceptors (Lipinski definition) is 3. The van der Waals surface area contributed by atoms with Crippen LogP contribution in [0.1, 0.15) is 76.1 Å². The minimum atomic E-state index is 0.274. The van der Waals surface area contributed by atoms with E-state index < -0.39 is 0 Å². The second-order valence-electron chi connectivity index (χ2n) is 6.26. The molecular formula is C17H25N3. The Hall–Kier alpha value is -1.43.